The minimum atomic E-state index is 0.304. The molecular weight excluding hydrogens is 128 g/mol. The first-order valence-corrected chi connectivity index (χ1v) is 4.14. The van der Waals surface area contributed by atoms with Gasteiger partial charge in [-0.1, -0.05) is 13.3 Å². The quantitative estimate of drug-likeness (QED) is 0.590. The summed E-state index contributed by atoms with van der Waals surface area (Å²) in [6, 6.07) is 0. The molecule has 60 valence electrons. The molecule has 2 unspecified atom stereocenters. The summed E-state index contributed by atoms with van der Waals surface area (Å²) >= 11 is 0. The van der Waals surface area contributed by atoms with Crippen LogP contribution < -0.4 is 0 Å². The van der Waals surface area contributed by atoms with Crippen molar-refractivity contribution in [2.45, 2.75) is 44.8 Å². The van der Waals surface area contributed by atoms with E-state index in [1.165, 1.54) is 12.8 Å². The molecule has 0 aromatic heterocycles. The summed E-state index contributed by atoms with van der Waals surface area (Å²) in [5.74, 6) is 0. The first-order valence-electron chi connectivity index (χ1n) is 4.14. The summed E-state index contributed by atoms with van der Waals surface area (Å²) < 4.78 is 5.35. The Labute approximate surface area is 62.2 Å². The first-order chi connectivity index (χ1) is 4.88. The van der Waals surface area contributed by atoms with Crippen LogP contribution in [-0.2, 0) is 4.74 Å². The fourth-order valence-corrected chi connectivity index (χ4v) is 1.26. The Morgan fingerprint density at radius 1 is 1.30 bits per heavy atom. The molecule has 2 heteroatoms. The molecule has 0 spiro atoms. The molecule has 0 aliphatic carbocycles. The lowest BCUT2D eigenvalue weighted by molar-refractivity contribution is 0.272. The molecule has 1 saturated heterocycles. The molecule has 10 heavy (non-hydrogen) atoms. The fraction of sp³-hybridized carbons (Fsp3) is 1.00. The van der Waals surface area contributed by atoms with E-state index in [0.29, 0.717) is 18.8 Å². The second kappa shape index (κ2) is 3.94. The van der Waals surface area contributed by atoms with Crippen LogP contribution in [0.3, 0.4) is 0 Å². The molecule has 0 saturated carbocycles. The molecule has 0 bridgehead atoms. The fourth-order valence-electron chi connectivity index (χ4n) is 1.26. The number of epoxide rings is 1. The van der Waals surface area contributed by atoms with Crippen molar-refractivity contribution in [2.24, 2.45) is 0 Å². The minimum absolute atomic E-state index is 0.304. The van der Waals surface area contributed by atoms with Gasteiger partial charge in [-0.25, -0.2) is 0 Å². The maximum atomic E-state index is 8.50. The second-order valence-electron chi connectivity index (χ2n) is 2.87. The van der Waals surface area contributed by atoms with E-state index in [-0.39, 0.29) is 0 Å². The zero-order chi connectivity index (χ0) is 7.40. The van der Waals surface area contributed by atoms with Gasteiger partial charge in [0.25, 0.3) is 0 Å². The first kappa shape index (κ1) is 8.02. The van der Waals surface area contributed by atoms with Crippen molar-refractivity contribution in [2.75, 3.05) is 6.61 Å². The SMILES string of the molecule is CCCC1OC1CCCO. The van der Waals surface area contributed by atoms with E-state index in [0.717, 1.165) is 12.8 Å². The zero-order valence-corrected chi connectivity index (χ0v) is 6.55. The van der Waals surface area contributed by atoms with Crippen molar-refractivity contribution < 1.29 is 9.84 Å². The Kier molecular flexibility index (Phi) is 3.16. The van der Waals surface area contributed by atoms with Crippen LogP contribution in [0.5, 0.6) is 0 Å². The van der Waals surface area contributed by atoms with Crippen molar-refractivity contribution in [1.29, 1.82) is 0 Å². The summed E-state index contributed by atoms with van der Waals surface area (Å²) in [6.45, 7) is 2.48. The van der Waals surface area contributed by atoms with E-state index in [4.69, 9.17) is 9.84 Å². The highest BCUT2D eigenvalue weighted by Crippen LogP contribution is 2.29. The van der Waals surface area contributed by atoms with Gasteiger partial charge in [-0.15, -0.1) is 0 Å². The van der Waals surface area contributed by atoms with Gasteiger partial charge in [-0.05, 0) is 19.3 Å². The molecule has 1 aliphatic heterocycles. The number of rotatable bonds is 5. The Morgan fingerprint density at radius 2 is 2.00 bits per heavy atom. The van der Waals surface area contributed by atoms with Crippen LogP contribution in [0.1, 0.15) is 32.6 Å². The third-order valence-electron chi connectivity index (χ3n) is 1.91. The monoisotopic (exact) mass is 144 g/mol. The van der Waals surface area contributed by atoms with Gasteiger partial charge in [-0.2, -0.15) is 0 Å². The molecule has 0 amide bonds. The average Bonchev–Trinajstić information content (AvgIpc) is 2.65. The Bertz CT molecular complexity index is 93.3. The zero-order valence-electron chi connectivity index (χ0n) is 6.55. The normalized spacial score (nSPS) is 30.6. The van der Waals surface area contributed by atoms with Crippen molar-refractivity contribution in [3.05, 3.63) is 0 Å². The molecule has 2 atom stereocenters. The van der Waals surface area contributed by atoms with E-state index >= 15 is 0 Å². The summed E-state index contributed by atoms with van der Waals surface area (Å²) in [5, 5.41) is 8.50. The van der Waals surface area contributed by atoms with E-state index < -0.39 is 0 Å². The van der Waals surface area contributed by atoms with Crippen LogP contribution in [-0.4, -0.2) is 23.9 Å². The molecule has 2 nitrogen and oxygen atoms in total. The third kappa shape index (κ3) is 2.27. The number of hydrogen-bond acceptors (Lipinski definition) is 2. The van der Waals surface area contributed by atoms with Crippen LogP contribution in [0.2, 0.25) is 0 Å². The second-order valence-corrected chi connectivity index (χ2v) is 2.87. The smallest absolute Gasteiger partial charge is 0.0842 e. The van der Waals surface area contributed by atoms with Gasteiger partial charge in [0, 0.05) is 6.61 Å². The molecule has 1 aliphatic rings. The molecule has 1 heterocycles. The van der Waals surface area contributed by atoms with Gasteiger partial charge < -0.3 is 9.84 Å². The lowest BCUT2D eigenvalue weighted by Crippen LogP contribution is -1.94. The predicted molar refractivity (Wildman–Crippen MR) is 39.9 cm³/mol. The molecule has 0 aromatic rings. The summed E-state index contributed by atoms with van der Waals surface area (Å²) in [6.07, 6.45) is 5.34. The van der Waals surface area contributed by atoms with Crippen LogP contribution in [0.15, 0.2) is 0 Å². The lowest BCUT2D eigenvalue weighted by atomic mass is 10.1. The van der Waals surface area contributed by atoms with Crippen LogP contribution in [0.4, 0.5) is 0 Å². The molecule has 0 aromatic carbocycles. The Morgan fingerprint density at radius 3 is 2.60 bits per heavy atom. The average molecular weight is 144 g/mol. The van der Waals surface area contributed by atoms with E-state index in [1.807, 2.05) is 0 Å². The minimum Gasteiger partial charge on any atom is -0.396 e. The summed E-state index contributed by atoms with van der Waals surface area (Å²) in [5.41, 5.74) is 0. The molecular formula is C8H16O2. The van der Waals surface area contributed by atoms with Gasteiger partial charge in [0.1, 0.15) is 0 Å². The Balaban J connectivity index is 1.92. The molecule has 0 radical (unpaired) electrons. The number of aliphatic hydroxyl groups is 1. The number of ether oxygens (including phenoxy) is 1. The summed E-state index contributed by atoms with van der Waals surface area (Å²) in [7, 11) is 0. The molecule has 1 N–H and O–H groups in total. The Hall–Kier alpha value is -0.0800. The predicted octanol–water partition coefficient (Wildman–Crippen LogP) is 1.33. The highest BCUT2D eigenvalue weighted by molar-refractivity contribution is 4.83. The third-order valence-corrected chi connectivity index (χ3v) is 1.91. The van der Waals surface area contributed by atoms with Gasteiger partial charge in [0.15, 0.2) is 0 Å². The standard InChI is InChI=1S/C8H16O2/c1-2-4-7-8(10-7)5-3-6-9/h7-9H,2-6H2,1H3. The van der Waals surface area contributed by atoms with Gasteiger partial charge in [0.05, 0.1) is 12.2 Å². The number of aliphatic hydroxyl groups excluding tert-OH is 1. The molecule has 1 rings (SSSR count). The lowest BCUT2D eigenvalue weighted by Gasteiger charge is -1.90. The maximum absolute atomic E-state index is 8.50. The van der Waals surface area contributed by atoms with E-state index in [1.54, 1.807) is 0 Å². The highest BCUT2D eigenvalue weighted by Gasteiger charge is 2.36. The van der Waals surface area contributed by atoms with Crippen LogP contribution >= 0.6 is 0 Å². The number of hydrogen-bond donors (Lipinski definition) is 1. The summed E-state index contributed by atoms with van der Waals surface area (Å²) in [4.78, 5) is 0. The van der Waals surface area contributed by atoms with Gasteiger partial charge >= 0.3 is 0 Å². The maximum Gasteiger partial charge on any atom is 0.0842 e. The van der Waals surface area contributed by atoms with Crippen LogP contribution in [0.25, 0.3) is 0 Å². The van der Waals surface area contributed by atoms with Crippen LogP contribution in [0, 0.1) is 0 Å². The van der Waals surface area contributed by atoms with Crippen molar-refractivity contribution in [3.8, 4) is 0 Å². The van der Waals surface area contributed by atoms with E-state index in [9.17, 15) is 0 Å². The van der Waals surface area contributed by atoms with Crippen molar-refractivity contribution >= 4 is 0 Å². The van der Waals surface area contributed by atoms with Crippen molar-refractivity contribution in [1.82, 2.24) is 0 Å². The van der Waals surface area contributed by atoms with Gasteiger partial charge in [0.2, 0.25) is 0 Å². The van der Waals surface area contributed by atoms with Crippen molar-refractivity contribution in [3.63, 3.8) is 0 Å². The molecule has 1 fully saturated rings. The van der Waals surface area contributed by atoms with E-state index in [2.05, 4.69) is 6.92 Å². The van der Waals surface area contributed by atoms with Gasteiger partial charge in [-0.3, -0.25) is 0 Å². The topological polar surface area (TPSA) is 32.8 Å². The largest absolute Gasteiger partial charge is 0.396 e. The highest BCUT2D eigenvalue weighted by atomic mass is 16.6.